The summed E-state index contributed by atoms with van der Waals surface area (Å²) in [5, 5.41) is 21.4. The maximum Gasteiger partial charge on any atom is 0.314 e. The van der Waals surface area contributed by atoms with Crippen LogP contribution in [-0.4, -0.2) is 27.1 Å². The van der Waals surface area contributed by atoms with Crippen molar-refractivity contribution in [2.24, 2.45) is 0 Å². The summed E-state index contributed by atoms with van der Waals surface area (Å²) < 4.78 is 66.5. The summed E-state index contributed by atoms with van der Waals surface area (Å²) in [5.74, 6) is -1.18. The van der Waals surface area contributed by atoms with E-state index in [2.05, 4.69) is 5.10 Å². The fourth-order valence-corrected chi connectivity index (χ4v) is 5.17. The molecule has 1 heterocycles. The van der Waals surface area contributed by atoms with E-state index in [1.54, 1.807) is 6.07 Å². The van der Waals surface area contributed by atoms with Gasteiger partial charge in [0, 0.05) is 5.56 Å². The molecule has 0 aliphatic heterocycles. The van der Waals surface area contributed by atoms with Crippen LogP contribution in [-0.2, 0) is 10.2 Å². The normalized spacial score (nSPS) is 17.9. The van der Waals surface area contributed by atoms with E-state index in [1.807, 2.05) is 0 Å². The number of benzene rings is 1. The molecule has 5 nitrogen and oxygen atoms in total. The number of hydrogen-bond acceptors (Lipinski definition) is 4. The number of aliphatic carboxylic acids is 1. The van der Waals surface area contributed by atoms with Crippen molar-refractivity contribution in [3.8, 4) is 11.8 Å². The Bertz CT molecular complexity index is 1090. The fraction of sp³-hybridized carbons (Fsp3) is 0.267. The zero-order valence-corrected chi connectivity index (χ0v) is 17.4. The van der Waals surface area contributed by atoms with Crippen molar-refractivity contribution in [2.75, 3.05) is 6.26 Å². The van der Waals surface area contributed by atoms with E-state index in [0.29, 0.717) is 0 Å². The van der Waals surface area contributed by atoms with Crippen LogP contribution < -0.4 is 0 Å². The SMILES string of the molecule is CSc1c(C2(C(=O)O)CC2)c(C#N)nn1-c1c(Cl)cc(S(F)(F)(F)(F)F)cc1Cl. The van der Waals surface area contributed by atoms with Crippen LogP contribution in [0.4, 0.5) is 19.4 Å². The van der Waals surface area contributed by atoms with Crippen LogP contribution in [0.15, 0.2) is 22.1 Å². The standard InChI is InChI=1S/C15H10Cl2F5N3O2S2/c1-28-13-11(15(2-3-15)14(26)27)10(6-23)24-25(13)12-8(16)4-7(5-9(12)17)29(18,19,20,21)22/h4-5H,2-3H2,1H3,(H,26,27). The molecule has 1 aromatic heterocycles. The van der Waals surface area contributed by atoms with Crippen molar-refractivity contribution in [2.45, 2.75) is 28.2 Å². The largest absolute Gasteiger partial charge is 0.481 e. The molecule has 3 rings (SSSR count). The van der Waals surface area contributed by atoms with Gasteiger partial charge in [-0.3, -0.25) is 4.79 Å². The van der Waals surface area contributed by atoms with Gasteiger partial charge in [0.15, 0.2) is 5.69 Å². The molecule has 0 radical (unpaired) electrons. The number of nitrogens with zero attached hydrogens (tertiary/aromatic N) is 3. The van der Waals surface area contributed by atoms with E-state index in [0.717, 1.165) is 16.4 Å². The quantitative estimate of drug-likeness (QED) is 0.377. The van der Waals surface area contributed by atoms with Crippen LogP contribution in [0, 0.1) is 11.3 Å². The second kappa shape index (κ2) is 5.94. The van der Waals surface area contributed by atoms with E-state index in [4.69, 9.17) is 23.2 Å². The highest BCUT2D eigenvalue weighted by Crippen LogP contribution is 3.02. The lowest BCUT2D eigenvalue weighted by Crippen LogP contribution is -2.21. The first-order valence-electron chi connectivity index (χ1n) is 7.60. The first-order valence-corrected chi connectivity index (χ1v) is 11.5. The Hall–Kier alpha value is -1.68. The number of halogens is 7. The van der Waals surface area contributed by atoms with Crippen molar-refractivity contribution in [3.05, 3.63) is 33.4 Å². The van der Waals surface area contributed by atoms with Gasteiger partial charge in [-0.25, -0.2) is 4.68 Å². The van der Waals surface area contributed by atoms with E-state index in [9.17, 15) is 34.6 Å². The van der Waals surface area contributed by atoms with Crippen LogP contribution in [0.2, 0.25) is 10.0 Å². The molecule has 0 bridgehead atoms. The molecule has 0 saturated heterocycles. The van der Waals surface area contributed by atoms with Crippen molar-refractivity contribution >= 4 is 51.2 Å². The van der Waals surface area contributed by atoms with Crippen LogP contribution in [0.25, 0.3) is 5.69 Å². The maximum atomic E-state index is 13.1. The van der Waals surface area contributed by atoms with Crippen LogP contribution in [0.1, 0.15) is 24.1 Å². The van der Waals surface area contributed by atoms with Crippen LogP contribution in [0.5, 0.6) is 0 Å². The van der Waals surface area contributed by atoms with Crippen molar-refractivity contribution in [1.82, 2.24) is 9.78 Å². The molecule has 0 atom stereocenters. The predicted octanol–water partition coefficient (Wildman–Crippen LogP) is 6.55. The van der Waals surface area contributed by atoms with E-state index in [-0.39, 0.29) is 46.9 Å². The lowest BCUT2D eigenvalue weighted by Gasteiger charge is -2.40. The predicted molar refractivity (Wildman–Crippen MR) is 100 cm³/mol. The third-order valence-corrected chi connectivity index (χ3v) is 6.89. The van der Waals surface area contributed by atoms with Crippen LogP contribution in [0.3, 0.4) is 0 Å². The topological polar surface area (TPSA) is 78.9 Å². The average Bonchev–Trinajstić information content (AvgIpc) is 3.28. The second-order valence-corrected chi connectivity index (χ2v) is 10.4. The van der Waals surface area contributed by atoms with Gasteiger partial charge >= 0.3 is 16.2 Å². The van der Waals surface area contributed by atoms with Crippen molar-refractivity contribution in [1.29, 1.82) is 5.26 Å². The molecule has 0 amide bonds. The average molecular weight is 494 g/mol. The summed E-state index contributed by atoms with van der Waals surface area (Å²) in [5.41, 5.74) is -1.90. The number of hydrogen-bond donors (Lipinski definition) is 1. The lowest BCUT2D eigenvalue weighted by molar-refractivity contribution is -0.140. The van der Waals surface area contributed by atoms with E-state index >= 15 is 0 Å². The van der Waals surface area contributed by atoms with E-state index in [1.165, 1.54) is 6.26 Å². The van der Waals surface area contributed by atoms with Crippen LogP contribution >= 0.6 is 45.2 Å². The number of thioether (sulfide) groups is 1. The van der Waals surface area contributed by atoms with Gasteiger partial charge in [0.2, 0.25) is 0 Å². The van der Waals surface area contributed by atoms with Crippen molar-refractivity contribution in [3.63, 3.8) is 0 Å². The van der Waals surface area contributed by atoms with Gasteiger partial charge < -0.3 is 5.11 Å². The molecule has 14 heteroatoms. The van der Waals surface area contributed by atoms with E-state index < -0.39 is 36.5 Å². The Balaban J connectivity index is 2.31. The summed E-state index contributed by atoms with van der Waals surface area (Å²) in [4.78, 5) is 9.44. The third-order valence-electron chi connectivity index (χ3n) is 4.43. The Labute approximate surface area is 175 Å². The zero-order chi connectivity index (χ0) is 22.1. The summed E-state index contributed by atoms with van der Waals surface area (Å²) in [6.07, 6.45) is 2.00. The Morgan fingerprint density at radius 1 is 1.28 bits per heavy atom. The Morgan fingerprint density at radius 2 is 1.79 bits per heavy atom. The third kappa shape index (κ3) is 3.65. The van der Waals surface area contributed by atoms with Gasteiger partial charge in [0.1, 0.15) is 21.7 Å². The molecule has 0 spiro atoms. The molecule has 1 N–H and O–H groups in total. The molecular formula is C15H10Cl2F5N3O2S2. The highest BCUT2D eigenvalue weighted by molar-refractivity contribution is 8.45. The number of nitriles is 1. The molecule has 158 valence electrons. The minimum absolute atomic E-state index is 0.0337. The first-order chi connectivity index (χ1) is 13.1. The monoisotopic (exact) mass is 493 g/mol. The number of carbonyl (C=O) groups is 1. The Morgan fingerprint density at radius 3 is 2.14 bits per heavy atom. The fourth-order valence-electron chi connectivity index (χ4n) is 2.92. The van der Waals surface area contributed by atoms with Gasteiger partial charge in [-0.1, -0.05) is 42.6 Å². The highest BCUT2D eigenvalue weighted by Gasteiger charge is 2.65. The minimum atomic E-state index is -10.0. The molecule has 1 aliphatic carbocycles. The smallest absolute Gasteiger partial charge is 0.314 e. The summed E-state index contributed by atoms with van der Waals surface area (Å²) in [6.45, 7) is 0. The highest BCUT2D eigenvalue weighted by atomic mass is 35.5. The van der Waals surface area contributed by atoms with Gasteiger partial charge in [-0.15, -0.1) is 11.8 Å². The van der Waals surface area contributed by atoms with Gasteiger partial charge in [0.05, 0.1) is 15.5 Å². The maximum absolute atomic E-state index is 13.1. The van der Waals surface area contributed by atoms with Gasteiger partial charge in [0.25, 0.3) is 0 Å². The molecule has 0 unspecified atom stereocenters. The summed E-state index contributed by atoms with van der Waals surface area (Å²) in [7, 11) is -10.0. The molecule has 29 heavy (non-hydrogen) atoms. The number of rotatable bonds is 5. The van der Waals surface area contributed by atoms with Crippen molar-refractivity contribution < 1.29 is 29.3 Å². The Kier molecular flexibility index (Phi) is 4.51. The van der Waals surface area contributed by atoms with Gasteiger partial charge in [-0.2, -0.15) is 10.4 Å². The lowest BCUT2D eigenvalue weighted by atomic mass is 9.97. The summed E-state index contributed by atoms with van der Waals surface area (Å²) >= 11 is 12.7. The first kappa shape index (κ1) is 22.0. The van der Waals surface area contributed by atoms with Gasteiger partial charge in [-0.05, 0) is 31.2 Å². The number of carboxylic acids is 1. The number of aromatic nitrogens is 2. The minimum Gasteiger partial charge on any atom is -0.481 e. The molecule has 2 aromatic rings. The molecular weight excluding hydrogens is 484 g/mol. The molecule has 1 saturated carbocycles. The second-order valence-electron chi connectivity index (χ2n) is 6.35. The summed E-state index contributed by atoms with van der Waals surface area (Å²) in [6, 6.07) is 1.83. The molecule has 1 aromatic carbocycles. The zero-order valence-electron chi connectivity index (χ0n) is 14.2. The molecule has 1 fully saturated rings. The molecule has 1 aliphatic rings. The number of carboxylic acid groups (broad SMARTS) is 1.